The average Bonchev–Trinajstić information content (AvgIpc) is 3.62. The van der Waals surface area contributed by atoms with Gasteiger partial charge in [-0.1, -0.05) is 48.5 Å². The minimum atomic E-state index is -0.138. The fourth-order valence-electron chi connectivity index (χ4n) is 5.20. The molecule has 6 heteroatoms. The van der Waals surface area contributed by atoms with Crippen molar-refractivity contribution in [2.75, 3.05) is 19.7 Å². The van der Waals surface area contributed by atoms with E-state index in [2.05, 4.69) is 35.2 Å². The van der Waals surface area contributed by atoms with Crippen molar-refractivity contribution in [1.29, 1.82) is 0 Å². The van der Waals surface area contributed by atoms with Crippen molar-refractivity contribution < 1.29 is 9.47 Å². The summed E-state index contributed by atoms with van der Waals surface area (Å²) >= 11 is 0. The Balaban J connectivity index is 1.07. The lowest BCUT2D eigenvalue weighted by Gasteiger charge is -2.24. The molecule has 1 fully saturated rings. The van der Waals surface area contributed by atoms with E-state index in [0.29, 0.717) is 18.4 Å². The van der Waals surface area contributed by atoms with Crippen LogP contribution in [0.1, 0.15) is 24.4 Å². The Morgan fingerprint density at radius 1 is 0.667 bits per heavy atom. The molecule has 1 aliphatic heterocycles. The molecular weight excluding hydrogens is 486 g/mol. The van der Waals surface area contributed by atoms with E-state index >= 15 is 0 Å². The molecule has 0 saturated carbocycles. The SMILES string of the molecule is O=c1n(-c2ccc(OCCN3CCCC3c3ccccc3)cc2)ccn1-c1ccc(Oc2ccccc2)cc1. The molecule has 0 N–H and O–H groups in total. The molecule has 2 heterocycles. The third kappa shape index (κ3) is 5.66. The molecule has 5 aromatic rings. The van der Waals surface area contributed by atoms with E-state index in [0.717, 1.165) is 36.0 Å². The Kier molecular flexibility index (Phi) is 7.28. The normalized spacial score (nSPS) is 15.3. The highest BCUT2D eigenvalue weighted by Gasteiger charge is 2.25. The van der Waals surface area contributed by atoms with Gasteiger partial charge in [-0.05, 0) is 85.6 Å². The van der Waals surface area contributed by atoms with Crippen LogP contribution in [0.15, 0.2) is 126 Å². The van der Waals surface area contributed by atoms with Crippen molar-refractivity contribution in [1.82, 2.24) is 14.0 Å². The van der Waals surface area contributed by atoms with Crippen LogP contribution in [-0.4, -0.2) is 33.7 Å². The molecule has 196 valence electrons. The largest absolute Gasteiger partial charge is 0.492 e. The maximum atomic E-state index is 13.2. The van der Waals surface area contributed by atoms with E-state index in [1.54, 1.807) is 21.5 Å². The van der Waals surface area contributed by atoms with Gasteiger partial charge in [-0.2, -0.15) is 0 Å². The van der Waals surface area contributed by atoms with Gasteiger partial charge in [0.1, 0.15) is 23.9 Å². The van der Waals surface area contributed by atoms with Crippen LogP contribution in [0.2, 0.25) is 0 Å². The number of aromatic nitrogens is 2. The molecule has 6 nitrogen and oxygen atoms in total. The average molecular weight is 518 g/mol. The van der Waals surface area contributed by atoms with E-state index < -0.39 is 0 Å². The van der Waals surface area contributed by atoms with Crippen LogP contribution < -0.4 is 15.2 Å². The van der Waals surface area contributed by atoms with E-state index in [4.69, 9.17) is 9.47 Å². The van der Waals surface area contributed by atoms with Crippen LogP contribution in [0.3, 0.4) is 0 Å². The van der Waals surface area contributed by atoms with E-state index in [9.17, 15) is 4.79 Å². The van der Waals surface area contributed by atoms with Gasteiger partial charge in [0, 0.05) is 25.0 Å². The van der Waals surface area contributed by atoms with E-state index in [1.807, 2.05) is 78.9 Å². The molecule has 1 aliphatic rings. The molecular formula is C33H31N3O3. The van der Waals surface area contributed by atoms with Gasteiger partial charge in [-0.3, -0.25) is 14.0 Å². The summed E-state index contributed by atoms with van der Waals surface area (Å²) in [6.45, 7) is 2.62. The molecule has 1 aromatic heterocycles. The van der Waals surface area contributed by atoms with Crippen LogP contribution in [-0.2, 0) is 0 Å². The zero-order valence-corrected chi connectivity index (χ0v) is 21.7. The van der Waals surface area contributed by atoms with Crippen molar-refractivity contribution >= 4 is 0 Å². The molecule has 39 heavy (non-hydrogen) atoms. The predicted octanol–water partition coefficient (Wildman–Crippen LogP) is 6.64. The maximum Gasteiger partial charge on any atom is 0.337 e. The summed E-state index contributed by atoms with van der Waals surface area (Å²) in [6.07, 6.45) is 5.97. The molecule has 1 saturated heterocycles. The molecule has 4 aromatic carbocycles. The summed E-state index contributed by atoms with van der Waals surface area (Å²) in [5.74, 6) is 2.29. The molecule has 1 unspecified atom stereocenters. The number of hydrogen-bond acceptors (Lipinski definition) is 4. The van der Waals surface area contributed by atoms with E-state index in [-0.39, 0.29) is 5.69 Å². The van der Waals surface area contributed by atoms with Gasteiger partial charge < -0.3 is 9.47 Å². The lowest BCUT2D eigenvalue weighted by Crippen LogP contribution is -2.28. The summed E-state index contributed by atoms with van der Waals surface area (Å²) in [4.78, 5) is 15.7. The van der Waals surface area contributed by atoms with E-state index in [1.165, 1.54) is 18.4 Å². The predicted molar refractivity (Wildman–Crippen MR) is 153 cm³/mol. The highest BCUT2D eigenvalue weighted by Crippen LogP contribution is 2.31. The molecule has 0 radical (unpaired) electrons. The quantitative estimate of drug-likeness (QED) is 0.220. The van der Waals surface area contributed by atoms with Crippen LogP contribution in [0.5, 0.6) is 17.2 Å². The Morgan fingerprint density at radius 3 is 1.87 bits per heavy atom. The Hall–Kier alpha value is -4.55. The fourth-order valence-corrected chi connectivity index (χ4v) is 5.20. The van der Waals surface area contributed by atoms with Gasteiger partial charge in [-0.25, -0.2) is 4.79 Å². The summed E-state index contributed by atoms with van der Waals surface area (Å²) in [7, 11) is 0. The Bertz CT molecular complexity index is 1540. The lowest BCUT2D eigenvalue weighted by molar-refractivity contribution is 0.197. The van der Waals surface area contributed by atoms with Crippen molar-refractivity contribution in [3.05, 3.63) is 138 Å². The number of imidazole rings is 1. The first kappa shape index (κ1) is 24.8. The number of para-hydroxylation sites is 1. The number of benzene rings is 4. The van der Waals surface area contributed by atoms with Crippen molar-refractivity contribution in [3.63, 3.8) is 0 Å². The van der Waals surface area contributed by atoms with Crippen LogP contribution in [0, 0.1) is 0 Å². The summed E-state index contributed by atoms with van der Waals surface area (Å²) in [6, 6.07) is 36.0. The number of hydrogen-bond donors (Lipinski definition) is 0. The number of nitrogens with zero attached hydrogens (tertiary/aromatic N) is 3. The summed E-state index contributed by atoms with van der Waals surface area (Å²) < 4.78 is 15.2. The molecule has 1 atom stereocenters. The minimum absolute atomic E-state index is 0.138. The zero-order chi connectivity index (χ0) is 26.4. The highest BCUT2D eigenvalue weighted by molar-refractivity contribution is 5.41. The van der Waals surface area contributed by atoms with Gasteiger partial charge in [-0.15, -0.1) is 0 Å². The zero-order valence-electron chi connectivity index (χ0n) is 21.7. The smallest absolute Gasteiger partial charge is 0.337 e. The molecule has 0 aliphatic carbocycles. The second-order valence-electron chi connectivity index (χ2n) is 9.68. The van der Waals surface area contributed by atoms with Crippen LogP contribution >= 0.6 is 0 Å². The van der Waals surface area contributed by atoms with Crippen LogP contribution in [0.4, 0.5) is 0 Å². The first-order chi connectivity index (χ1) is 19.2. The standard InChI is InChI=1S/C33H31N3O3/c37-33-35(22-23-36(33)28-15-19-31(20-16-28)39-30-10-5-2-6-11-30)27-13-17-29(18-14-27)38-25-24-34-21-7-12-32(34)26-8-3-1-4-9-26/h1-6,8-11,13-20,22-23,32H,7,12,21,24-25H2. The second-order valence-corrected chi connectivity index (χ2v) is 9.68. The Morgan fingerprint density at radius 2 is 1.23 bits per heavy atom. The lowest BCUT2D eigenvalue weighted by atomic mass is 10.0. The first-order valence-electron chi connectivity index (χ1n) is 13.4. The molecule has 0 bridgehead atoms. The molecule has 0 amide bonds. The highest BCUT2D eigenvalue weighted by atomic mass is 16.5. The number of ether oxygens (including phenoxy) is 2. The first-order valence-corrected chi connectivity index (χ1v) is 13.4. The maximum absolute atomic E-state index is 13.2. The van der Waals surface area contributed by atoms with Gasteiger partial charge in [0.05, 0.1) is 11.4 Å². The number of rotatable bonds is 9. The van der Waals surface area contributed by atoms with Gasteiger partial charge in [0.2, 0.25) is 0 Å². The van der Waals surface area contributed by atoms with Crippen molar-refractivity contribution in [3.8, 4) is 28.6 Å². The molecule has 6 rings (SSSR count). The molecule has 0 spiro atoms. The topological polar surface area (TPSA) is 48.6 Å². The van der Waals surface area contributed by atoms with Gasteiger partial charge in [0.25, 0.3) is 0 Å². The fraction of sp³-hybridized carbons (Fsp3) is 0.182. The van der Waals surface area contributed by atoms with Crippen molar-refractivity contribution in [2.45, 2.75) is 18.9 Å². The summed E-state index contributed by atoms with van der Waals surface area (Å²) in [5.41, 5.74) is 2.81. The Labute approximate surface area is 228 Å². The third-order valence-electron chi connectivity index (χ3n) is 7.18. The van der Waals surface area contributed by atoms with Gasteiger partial charge in [0.15, 0.2) is 0 Å². The van der Waals surface area contributed by atoms with Crippen molar-refractivity contribution in [2.24, 2.45) is 0 Å². The van der Waals surface area contributed by atoms with Crippen LogP contribution in [0.25, 0.3) is 11.4 Å². The summed E-state index contributed by atoms with van der Waals surface area (Å²) in [5, 5.41) is 0. The minimum Gasteiger partial charge on any atom is -0.492 e. The monoisotopic (exact) mass is 517 g/mol. The number of likely N-dealkylation sites (tertiary alicyclic amines) is 1. The van der Waals surface area contributed by atoms with Gasteiger partial charge >= 0.3 is 5.69 Å². The second kappa shape index (κ2) is 11.5. The third-order valence-corrected chi connectivity index (χ3v) is 7.18.